The number of hydrogen-bond donors (Lipinski definition) is 1. The number of halogens is 1. The summed E-state index contributed by atoms with van der Waals surface area (Å²) in [6.45, 7) is 1.67. The third-order valence-electron chi connectivity index (χ3n) is 4.38. The molecule has 3 rings (SSSR count). The van der Waals surface area contributed by atoms with Crippen molar-refractivity contribution >= 4 is 27.5 Å². The van der Waals surface area contributed by atoms with Crippen molar-refractivity contribution in [1.82, 2.24) is 5.32 Å². The highest BCUT2D eigenvalue weighted by Gasteiger charge is 2.25. The first-order valence-electron chi connectivity index (χ1n) is 8.12. The third-order valence-corrected chi connectivity index (χ3v) is 5.07. The highest BCUT2D eigenvalue weighted by Crippen LogP contribution is 2.25. The second-order valence-electron chi connectivity index (χ2n) is 5.88. The molecule has 1 heterocycles. The Morgan fingerprint density at radius 1 is 1.29 bits per heavy atom. The number of ether oxygens (including phenoxy) is 1. The zero-order chi connectivity index (χ0) is 16.9. The molecular weight excluding hydrogens is 368 g/mol. The number of amides is 1. The molecule has 1 atom stereocenters. The molecular formula is C19H21BrN2O2. The first-order valence-corrected chi connectivity index (χ1v) is 8.92. The molecule has 1 saturated heterocycles. The van der Waals surface area contributed by atoms with E-state index in [-0.39, 0.29) is 5.91 Å². The van der Waals surface area contributed by atoms with Crippen molar-refractivity contribution in [1.29, 1.82) is 0 Å². The molecule has 5 heteroatoms. The quantitative estimate of drug-likeness (QED) is 0.845. The standard InChI is InChI=1S/C19H21BrN2O2/c1-24-16-9-10-18(20)17(12-16)19(23)21-13-15-8-5-11-22(15)14-6-3-2-4-7-14/h2-4,6-7,9-10,12,15H,5,8,11,13H2,1H3,(H,21,23). The maximum absolute atomic E-state index is 12.5. The Morgan fingerprint density at radius 2 is 2.08 bits per heavy atom. The summed E-state index contributed by atoms with van der Waals surface area (Å²) in [5.74, 6) is 0.593. The van der Waals surface area contributed by atoms with E-state index >= 15 is 0 Å². The molecule has 1 unspecified atom stereocenters. The molecule has 0 aromatic heterocycles. The average molecular weight is 389 g/mol. The van der Waals surface area contributed by atoms with E-state index in [0.717, 1.165) is 23.9 Å². The molecule has 1 amide bonds. The Kier molecular flexibility index (Phi) is 5.41. The number of carbonyl (C=O) groups excluding carboxylic acids is 1. The summed E-state index contributed by atoms with van der Waals surface area (Å²) in [7, 11) is 1.60. The van der Waals surface area contributed by atoms with Gasteiger partial charge in [0.05, 0.1) is 12.7 Å². The van der Waals surface area contributed by atoms with Crippen LogP contribution in [0.5, 0.6) is 5.75 Å². The van der Waals surface area contributed by atoms with Crippen LogP contribution in [0.25, 0.3) is 0 Å². The molecule has 1 fully saturated rings. The summed E-state index contributed by atoms with van der Waals surface area (Å²) < 4.78 is 5.97. The first-order chi connectivity index (χ1) is 11.7. The maximum atomic E-state index is 12.5. The highest BCUT2D eigenvalue weighted by molar-refractivity contribution is 9.10. The van der Waals surface area contributed by atoms with Crippen LogP contribution >= 0.6 is 15.9 Å². The number of anilines is 1. The fraction of sp³-hybridized carbons (Fsp3) is 0.316. The number of carbonyl (C=O) groups is 1. The number of nitrogens with zero attached hydrogens (tertiary/aromatic N) is 1. The highest BCUT2D eigenvalue weighted by atomic mass is 79.9. The molecule has 2 aromatic rings. The predicted octanol–water partition coefficient (Wildman–Crippen LogP) is 3.86. The predicted molar refractivity (Wildman–Crippen MR) is 99.8 cm³/mol. The Bertz CT molecular complexity index is 706. The lowest BCUT2D eigenvalue weighted by Crippen LogP contribution is -2.40. The van der Waals surface area contributed by atoms with Gasteiger partial charge in [0, 0.05) is 29.3 Å². The van der Waals surface area contributed by atoms with E-state index in [0.29, 0.717) is 23.9 Å². The minimum absolute atomic E-state index is 0.0827. The van der Waals surface area contributed by atoms with Gasteiger partial charge in [-0.15, -0.1) is 0 Å². The van der Waals surface area contributed by atoms with Crippen LogP contribution in [0.4, 0.5) is 5.69 Å². The van der Waals surface area contributed by atoms with Crippen LogP contribution in [0.3, 0.4) is 0 Å². The third kappa shape index (κ3) is 3.73. The summed E-state index contributed by atoms with van der Waals surface area (Å²) in [6, 6.07) is 16.1. The fourth-order valence-corrected chi connectivity index (χ4v) is 3.55. The van der Waals surface area contributed by atoms with Crippen LogP contribution in [-0.4, -0.2) is 32.1 Å². The van der Waals surface area contributed by atoms with E-state index in [9.17, 15) is 4.79 Å². The van der Waals surface area contributed by atoms with E-state index in [2.05, 4.69) is 50.4 Å². The molecule has 1 aliphatic rings. The molecule has 0 aliphatic carbocycles. The molecule has 0 bridgehead atoms. The smallest absolute Gasteiger partial charge is 0.252 e. The van der Waals surface area contributed by atoms with Gasteiger partial charge in [0.2, 0.25) is 0 Å². The lowest BCUT2D eigenvalue weighted by atomic mass is 10.1. The molecule has 0 spiro atoms. The number of benzene rings is 2. The van der Waals surface area contributed by atoms with E-state index in [4.69, 9.17) is 4.74 Å². The summed E-state index contributed by atoms with van der Waals surface area (Å²) in [6.07, 6.45) is 2.24. The molecule has 0 saturated carbocycles. The SMILES string of the molecule is COc1ccc(Br)c(C(=O)NCC2CCCN2c2ccccc2)c1. The minimum Gasteiger partial charge on any atom is -0.497 e. The van der Waals surface area contributed by atoms with Crippen molar-refractivity contribution in [3.05, 3.63) is 58.6 Å². The van der Waals surface area contributed by atoms with Gasteiger partial charge in [-0.3, -0.25) is 4.79 Å². The largest absolute Gasteiger partial charge is 0.497 e. The van der Waals surface area contributed by atoms with E-state index in [1.807, 2.05) is 18.2 Å². The van der Waals surface area contributed by atoms with Crippen LogP contribution in [0, 0.1) is 0 Å². The normalized spacial score (nSPS) is 16.9. The molecule has 24 heavy (non-hydrogen) atoms. The van der Waals surface area contributed by atoms with Crippen molar-refractivity contribution < 1.29 is 9.53 Å². The van der Waals surface area contributed by atoms with Gasteiger partial charge >= 0.3 is 0 Å². The van der Waals surface area contributed by atoms with Crippen molar-refractivity contribution in [2.24, 2.45) is 0 Å². The molecule has 0 radical (unpaired) electrons. The van der Waals surface area contributed by atoms with Crippen molar-refractivity contribution in [2.75, 3.05) is 25.1 Å². The molecule has 126 valence electrons. The van der Waals surface area contributed by atoms with Gasteiger partial charge in [-0.1, -0.05) is 18.2 Å². The second-order valence-corrected chi connectivity index (χ2v) is 6.74. The minimum atomic E-state index is -0.0827. The first kappa shape index (κ1) is 16.8. The lowest BCUT2D eigenvalue weighted by Gasteiger charge is -2.27. The van der Waals surface area contributed by atoms with Crippen LogP contribution in [0.15, 0.2) is 53.0 Å². The van der Waals surface area contributed by atoms with E-state index < -0.39 is 0 Å². The number of nitrogens with one attached hydrogen (secondary N) is 1. The van der Waals surface area contributed by atoms with Crippen molar-refractivity contribution in [2.45, 2.75) is 18.9 Å². The Hall–Kier alpha value is -2.01. The number of para-hydroxylation sites is 1. The topological polar surface area (TPSA) is 41.6 Å². The van der Waals surface area contributed by atoms with Gasteiger partial charge < -0.3 is 15.0 Å². The second kappa shape index (κ2) is 7.71. The summed E-state index contributed by atoms with van der Waals surface area (Å²) in [5, 5.41) is 3.07. The summed E-state index contributed by atoms with van der Waals surface area (Å²) in [5.41, 5.74) is 1.82. The van der Waals surface area contributed by atoms with Crippen molar-refractivity contribution in [3.63, 3.8) is 0 Å². The van der Waals surface area contributed by atoms with Crippen LogP contribution in [0.2, 0.25) is 0 Å². The molecule has 1 aliphatic heterocycles. The molecule has 4 nitrogen and oxygen atoms in total. The van der Waals surface area contributed by atoms with Gasteiger partial charge in [-0.25, -0.2) is 0 Å². The van der Waals surface area contributed by atoms with E-state index in [1.165, 1.54) is 5.69 Å². The van der Waals surface area contributed by atoms with Crippen molar-refractivity contribution in [3.8, 4) is 5.75 Å². The monoisotopic (exact) mass is 388 g/mol. The molecule has 1 N–H and O–H groups in total. The van der Waals surface area contributed by atoms with Gasteiger partial charge in [-0.05, 0) is 59.1 Å². The van der Waals surface area contributed by atoms with E-state index in [1.54, 1.807) is 13.2 Å². The van der Waals surface area contributed by atoms with Gasteiger partial charge in [0.15, 0.2) is 0 Å². The number of hydrogen-bond acceptors (Lipinski definition) is 3. The Labute approximate surface area is 150 Å². The zero-order valence-electron chi connectivity index (χ0n) is 13.7. The van der Waals surface area contributed by atoms with Crippen LogP contribution in [0.1, 0.15) is 23.2 Å². The average Bonchev–Trinajstić information content (AvgIpc) is 3.09. The number of methoxy groups -OCH3 is 1. The maximum Gasteiger partial charge on any atom is 0.252 e. The fourth-order valence-electron chi connectivity index (χ4n) is 3.12. The lowest BCUT2D eigenvalue weighted by molar-refractivity contribution is 0.0950. The number of rotatable bonds is 5. The Balaban J connectivity index is 1.66. The molecule has 2 aromatic carbocycles. The summed E-state index contributed by atoms with van der Waals surface area (Å²) >= 11 is 3.44. The van der Waals surface area contributed by atoms with Gasteiger partial charge in [0.25, 0.3) is 5.91 Å². The Morgan fingerprint density at radius 3 is 2.83 bits per heavy atom. The summed E-state index contributed by atoms with van der Waals surface area (Å²) in [4.78, 5) is 14.9. The zero-order valence-corrected chi connectivity index (χ0v) is 15.3. The van der Waals surface area contributed by atoms with Crippen LogP contribution in [-0.2, 0) is 0 Å². The van der Waals surface area contributed by atoms with Gasteiger partial charge in [0.1, 0.15) is 5.75 Å². The van der Waals surface area contributed by atoms with Crippen LogP contribution < -0.4 is 15.0 Å². The van der Waals surface area contributed by atoms with Gasteiger partial charge in [-0.2, -0.15) is 0 Å².